The monoisotopic (exact) mass is 868 g/mol. The highest BCUT2D eigenvalue weighted by Gasteiger charge is 2.19. The highest BCUT2D eigenvalue weighted by molar-refractivity contribution is 6.16. The molecule has 11 aromatic rings. The summed E-state index contributed by atoms with van der Waals surface area (Å²) >= 11 is 0. The van der Waals surface area contributed by atoms with E-state index in [0.29, 0.717) is 5.92 Å². The van der Waals surface area contributed by atoms with Crippen molar-refractivity contribution in [3.05, 3.63) is 284 Å². The average molecular weight is 869 g/mol. The molecule has 68 heavy (non-hydrogen) atoms. The standard InChI is InChI=1S/C66H48N2/c1-4-17-47(18-5-1)48-33-35-49(36-34-48)50-37-41-57(42-38-50)67(58-43-39-52(40-44-58)61-28-11-10-27-60(61)51-19-6-2-7-20-51)59-26-15-22-54(46-59)53-21-14-23-55(45-53)62-30-16-32-65-66(62)63-29-12-13-31-64(63)68(65)56-24-8-3-9-25-56/h1-35,37-46,49H,36H2. The van der Waals surface area contributed by atoms with Crippen molar-refractivity contribution in [2.75, 3.05) is 4.90 Å². The van der Waals surface area contributed by atoms with Crippen molar-refractivity contribution in [3.8, 4) is 50.2 Å². The lowest BCUT2D eigenvalue weighted by atomic mass is 9.88. The summed E-state index contributed by atoms with van der Waals surface area (Å²) in [6.45, 7) is 0. The van der Waals surface area contributed by atoms with Crippen LogP contribution in [0.25, 0.3) is 77.6 Å². The molecule has 0 saturated heterocycles. The van der Waals surface area contributed by atoms with Crippen LogP contribution in [0, 0.1) is 0 Å². The zero-order chi connectivity index (χ0) is 45.2. The molecule has 1 atom stereocenters. The predicted molar refractivity (Wildman–Crippen MR) is 288 cm³/mol. The molecule has 2 nitrogen and oxygen atoms in total. The van der Waals surface area contributed by atoms with Gasteiger partial charge in [0.15, 0.2) is 0 Å². The summed E-state index contributed by atoms with van der Waals surface area (Å²) in [4.78, 5) is 2.40. The molecule has 1 aliphatic rings. The maximum Gasteiger partial charge on any atom is 0.0547 e. The fourth-order valence-corrected chi connectivity index (χ4v) is 10.2. The van der Waals surface area contributed by atoms with Crippen molar-refractivity contribution in [3.63, 3.8) is 0 Å². The molecule has 322 valence electrons. The molecular weight excluding hydrogens is 821 g/mol. The summed E-state index contributed by atoms with van der Waals surface area (Å²) in [5, 5.41) is 2.51. The second-order valence-electron chi connectivity index (χ2n) is 17.6. The highest BCUT2D eigenvalue weighted by Crippen LogP contribution is 2.42. The Kier molecular flexibility index (Phi) is 10.7. The third-order valence-corrected chi connectivity index (χ3v) is 13.6. The van der Waals surface area contributed by atoms with Crippen LogP contribution in [0.5, 0.6) is 0 Å². The third kappa shape index (κ3) is 7.72. The van der Waals surface area contributed by atoms with Crippen LogP contribution in [0.1, 0.15) is 23.5 Å². The SMILES string of the molecule is C1=CC(c2ccc(N(c3ccc(-c4ccccc4-c4ccccc4)cc3)c3cccc(-c4cccc(-c5cccc6c5c5ccccc5n6-c5ccccc5)c4)c3)cc2)CC=C1c1ccccc1. The Balaban J connectivity index is 0.920. The number of fused-ring (bicyclic) bond motifs is 3. The van der Waals surface area contributed by atoms with Gasteiger partial charge in [0.1, 0.15) is 0 Å². The lowest BCUT2D eigenvalue weighted by molar-refractivity contribution is 0.856. The van der Waals surface area contributed by atoms with Crippen molar-refractivity contribution in [1.29, 1.82) is 0 Å². The van der Waals surface area contributed by atoms with E-state index in [2.05, 4.69) is 282 Å². The van der Waals surface area contributed by atoms with Gasteiger partial charge in [-0.2, -0.15) is 0 Å². The van der Waals surface area contributed by atoms with Gasteiger partial charge < -0.3 is 9.47 Å². The molecule has 12 rings (SSSR count). The van der Waals surface area contributed by atoms with Crippen LogP contribution < -0.4 is 4.90 Å². The smallest absolute Gasteiger partial charge is 0.0547 e. The minimum Gasteiger partial charge on any atom is -0.310 e. The van der Waals surface area contributed by atoms with Crippen LogP contribution in [0.3, 0.4) is 0 Å². The quantitative estimate of drug-likeness (QED) is 0.133. The summed E-state index contributed by atoms with van der Waals surface area (Å²) in [7, 11) is 0. The first-order valence-electron chi connectivity index (χ1n) is 23.6. The molecule has 1 aliphatic carbocycles. The third-order valence-electron chi connectivity index (χ3n) is 13.6. The lowest BCUT2D eigenvalue weighted by Crippen LogP contribution is -2.10. The number of anilines is 3. The first-order chi connectivity index (χ1) is 33.7. The Morgan fingerprint density at radius 2 is 0.897 bits per heavy atom. The molecule has 0 fully saturated rings. The van der Waals surface area contributed by atoms with Crippen LogP contribution in [0.4, 0.5) is 17.1 Å². The van der Waals surface area contributed by atoms with Crippen LogP contribution in [-0.2, 0) is 0 Å². The van der Waals surface area contributed by atoms with E-state index in [-0.39, 0.29) is 0 Å². The molecular formula is C66H48N2. The molecule has 0 bridgehead atoms. The number of hydrogen-bond donors (Lipinski definition) is 0. The number of rotatable bonds is 10. The first kappa shape index (κ1) is 40.8. The van der Waals surface area contributed by atoms with Gasteiger partial charge in [-0.1, -0.05) is 206 Å². The second-order valence-corrected chi connectivity index (χ2v) is 17.6. The van der Waals surface area contributed by atoms with E-state index >= 15 is 0 Å². The molecule has 0 amide bonds. The van der Waals surface area contributed by atoms with E-state index in [1.807, 2.05) is 0 Å². The van der Waals surface area contributed by atoms with Gasteiger partial charge in [-0.25, -0.2) is 0 Å². The Morgan fingerprint density at radius 1 is 0.368 bits per heavy atom. The average Bonchev–Trinajstić information content (AvgIpc) is 3.77. The number of nitrogens with zero attached hydrogens (tertiary/aromatic N) is 2. The molecule has 0 N–H and O–H groups in total. The van der Waals surface area contributed by atoms with Crippen LogP contribution >= 0.6 is 0 Å². The van der Waals surface area contributed by atoms with E-state index in [9.17, 15) is 0 Å². The van der Waals surface area contributed by atoms with Gasteiger partial charge in [-0.05, 0) is 134 Å². The fourth-order valence-electron chi connectivity index (χ4n) is 10.2. The largest absolute Gasteiger partial charge is 0.310 e. The topological polar surface area (TPSA) is 8.17 Å². The normalized spacial score (nSPS) is 13.4. The summed E-state index contributed by atoms with van der Waals surface area (Å²) in [6, 6.07) is 92.6. The molecule has 10 aromatic carbocycles. The van der Waals surface area contributed by atoms with Crippen molar-refractivity contribution in [2.24, 2.45) is 0 Å². The molecule has 0 spiro atoms. The van der Waals surface area contributed by atoms with Gasteiger partial charge >= 0.3 is 0 Å². The van der Waals surface area contributed by atoms with Gasteiger partial charge in [-0.3, -0.25) is 0 Å². The fraction of sp³-hybridized carbons (Fsp3) is 0.0303. The Hall–Kier alpha value is -8.72. The number of para-hydroxylation sites is 2. The number of hydrogen-bond acceptors (Lipinski definition) is 1. The maximum atomic E-state index is 2.40. The second kappa shape index (κ2) is 17.9. The Bertz CT molecular complexity index is 3620. The van der Waals surface area contributed by atoms with E-state index < -0.39 is 0 Å². The maximum absolute atomic E-state index is 2.40. The minimum absolute atomic E-state index is 0.324. The molecule has 2 heteroatoms. The molecule has 0 saturated carbocycles. The van der Waals surface area contributed by atoms with Gasteiger partial charge in [0.25, 0.3) is 0 Å². The van der Waals surface area contributed by atoms with Crippen LogP contribution in [0.15, 0.2) is 273 Å². The van der Waals surface area contributed by atoms with Crippen molar-refractivity contribution >= 4 is 44.4 Å². The number of benzene rings is 10. The molecule has 1 aromatic heterocycles. The van der Waals surface area contributed by atoms with Crippen LogP contribution in [0.2, 0.25) is 0 Å². The molecule has 1 unspecified atom stereocenters. The van der Waals surface area contributed by atoms with E-state index in [4.69, 9.17) is 0 Å². The Morgan fingerprint density at radius 3 is 1.60 bits per heavy atom. The minimum atomic E-state index is 0.324. The summed E-state index contributed by atoms with van der Waals surface area (Å²) in [5.41, 5.74) is 20.3. The van der Waals surface area contributed by atoms with E-state index in [1.54, 1.807) is 0 Å². The van der Waals surface area contributed by atoms with Crippen LogP contribution in [-0.4, -0.2) is 4.57 Å². The number of allylic oxidation sites excluding steroid dienone is 4. The van der Waals surface area contributed by atoms with Crippen molar-refractivity contribution in [2.45, 2.75) is 12.3 Å². The highest BCUT2D eigenvalue weighted by atomic mass is 15.1. The molecule has 1 heterocycles. The molecule has 0 aliphatic heterocycles. The zero-order valence-electron chi connectivity index (χ0n) is 37.7. The van der Waals surface area contributed by atoms with Crippen molar-refractivity contribution in [1.82, 2.24) is 4.57 Å². The van der Waals surface area contributed by atoms with Gasteiger partial charge in [-0.15, -0.1) is 0 Å². The first-order valence-corrected chi connectivity index (χ1v) is 23.6. The Labute approximate surface area is 398 Å². The summed E-state index contributed by atoms with van der Waals surface area (Å²) < 4.78 is 2.39. The van der Waals surface area contributed by atoms with E-state index in [0.717, 1.165) is 34.7 Å². The summed E-state index contributed by atoms with van der Waals surface area (Å²) in [5.74, 6) is 0.324. The van der Waals surface area contributed by atoms with Crippen molar-refractivity contribution < 1.29 is 0 Å². The van der Waals surface area contributed by atoms with Gasteiger partial charge in [0.05, 0.1) is 11.0 Å². The lowest BCUT2D eigenvalue weighted by Gasteiger charge is -2.27. The zero-order valence-corrected chi connectivity index (χ0v) is 37.7. The van der Waals surface area contributed by atoms with Gasteiger partial charge in [0, 0.05) is 39.4 Å². The molecule has 0 radical (unpaired) electrons. The van der Waals surface area contributed by atoms with E-state index in [1.165, 1.54) is 77.5 Å². The number of aromatic nitrogens is 1. The predicted octanol–water partition coefficient (Wildman–Crippen LogP) is 18.0. The van der Waals surface area contributed by atoms with Gasteiger partial charge in [0.2, 0.25) is 0 Å². The summed E-state index contributed by atoms with van der Waals surface area (Å²) in [6.07, 6.45) is 7.99.